The van der Waals surface area contributed by atoms with Crippen LogP contribution < -0.4 is 26.6 Å². The summed E-state index contributed by atoms with van der Waals surface area (Å²) in [4.78, 5) is 115. The Balaban J connectivity index is 0.000000193. The highest BCUT2D eigenvalue weighted by atomic mass is 16.4. The van der Waals surface area contributed by atoms with Crippen LogP contribution in [0.2, 0.25) is 0 Å². The first-order chi connectivity index (χ1) is 46.6. The molecule has 28 nitrogen and oxygen atoms in total. The summed E-state index contributed by atoms with van der Waals surface area (Å²) in [6.45, 7) is 0. The molecule has 28 heteroatoms. The van der Waals surface area contributed by atoms with Crippen LogP contribution in [0.15, 0.2) is 229 Å². The van der Waals surface area contributed by atoms with Gasteiger partial charge in [-0.25, -0.2) is 24.0 Å². The highest BCUT2D eigenvalue weighted by molar-refractivity contribution is 6.11. The summed E-state index contributed by atoms with van der Waals surface area (Å²) < 4.78 is 0. The maximum atomic E-state index is 12.0. The number of amides is 5. The lowest BCUT2D eigenvalue weighted by atomic mass is 10.0. The Morgan fingerprint density at radius 3 is 1.02 bits per heavy atom. The number of anilines is 4. The molecule has 0 aliphatic heterocycles. The smallest absolute Gasteiger partial charge is 0.337 e. The van der Waals surface area contributed by atoms with Gasteiger partial charge >= 0.3 is 29.8 Å². The number of para-hydroxylation sites is 1. The van der Waals surface area contributed by atoms with E-state index in [2.05, 4.69) is 26.6 Å². The highest BCUT2D eigenvalue weighted by Gasteiger charge is 2.23. The number of aromatic carboxylic acids is 4. The Hall–Kier alpha value is -14.4. The summed E-state index contributed by atoms with van der Waals surface area (Å²) in [5.41, 5.74) is 0.915. The van der Waals surface area contributed by atoms with E-state index in [1.165, 1.54) is 121 Å². The van der Waals surface area contributed by atoms with Gasteiger partial charge < -0.3 is 93.0 Å². The van der Waals surface area contributed by atoms with Gasteiger partial charge in [-0.2, -0.15) is 0 Å². The lowest BCUT2D eigenvalue weighted by molar-refractivity contribution is -0.132. The molecular formula is C70H57N5O23. The van der Waals surface area contributed by atoms with Crippen LogP contribution in [0.1, 0.15) is 106 Å². The number of aromatic hydroxyl groups is 7. The molecule has 0 saturated heterocycles. The summed E-state index contributed by atoms with van der Waals surface area (Å²) in [5, 5.41) is 132. The van der Waals surface area contributed by atoms with E-state index in [9.17, 15) is 88.8 Å². The summed E-state index contributed by atoms with van der Waals surface area (Å²) in [5.74, 6) is -9.74. The van der Waals surface area contributed by atoms with Crippen LogP contribution in [0.5, 0.6) is 40.2 Å². The minimum atomic E-state index is -1.28. The van der Waals surface area contributed by atoms with Gasteiger partial charge in [-0.3, -0.25) is 24.0 Å². The van der Waals surface area contributed by atoms with Gasteiger partial charge in [0.05, 0.1) is 67.6 Å². The van der Waals surface area contributed by atoms with Crippen molar-refractivity contribution in [2.75, 3.05) is 21.3 Å². The second kappa shape index (κ2) is 34.3. The normalized spacial score (nSPS) is 10.9. The van der Waals surface area contributed by atoms with Crippen LogP contribution in [-0.2, 0) is 4.79 Å². The third kappa shape index (κ3) is 21.3. The fourth-order valence-corrected chi connectivity index (χ4v) is 8.43. The van der Waals surface area contributed by atoms with Gasteiger partial charge in [0.25, 0.3) is 29.5 Å². The number of aliphatic hydroxyl groups excluding tert-OH is 1. The Bertz CT molecular complexity index is 4570. The third-order valence-electron chi connectivity index (χ3n) is 13.1. The molecule has 0 fully saturated rings. The quantitative estimate of drug-likeness (QED) is 0.0424. The minimum Gasteiger partial charge on any atom is -0.512 e. The van der Waals surface area contributed by atoms with Crippen molar-refractivity contribution in [1.29, 1.82) is 0 Å². The van der Waals surface area contributed by atoms with Crippen molar-refractivity contribution in [2.45, 2.75) is 12.8 Å². The maximum Gasteiger partial charge on any atom is 0.337 e. The fourth-order valence-electron chi connectivity index (χ4n) is 8.43. The van der Waals surface area contributed by atoms with Gasteiger partial charge in [0, 0.05) is 34.7 Å². The summed E-state index contributed by atoms with van der Waals surface area (Å²) in [6.07, 6.45) is 1.61. The van der Waals surface area contributed by atoms with E-state index >= 15 is 0 Å². The van der Waals surface area contributed by atoms with Crippen molar-refractivity contribution in [3.05, 3.63) is 279 Å². The van der Waals surface area contributed by atoms with Crippen molar-refractivity contribution in [1.82, 2.24) is 5.32 Å². The molecule has 0 saturated carbocycles. The molecule has 0 radical (unpaired) electrons. The van der Waals surface area contributed by atoms with Gasteiger partial charge in [-0.1, -0.05) is 60.7 Å². The number of carboxylic acid groups (broad SMARTS) is 5. The van der Waals surface area contributed by atoms with Crippen molar-refractivity contribution in [3.63, 3.8) is 0 Å². The van der Waals surface area contributed by atoms with Crippen LogP contribution in [0.4, 0.5) is 22.7 Å². The monoisotopic (exact) mass is 1340 g/mol. The number of rotatable bonds is 15. The zero-order valence-corrected chi connectivity index (χ0v) is 50.5. The molecule has 500 valence electrons. The van der Waals surface area contributed by atoms with Crippen molar-refractivity contribution < 1.29 is 114 Å². The summed E-state index contributed by atoms with van der Waals surface area (Å²) in [6, 6.07) is 48.7. The van der Waals surface area contributed by atoms with E-state index in [1.54, 1.807) is 72.8 Å². The van der Waals surface area contributed by atoms with Crippen LogP contribution in [0.25, 0.3) is 0 Å². The molecule has 0 heterocycles. The van der Waals surface area contributed by atoms with Gasteiger partial charge in [0.15, 0.2) is 0 Å². The first kappa shape index (κ1) is 72.6. The predicted molar refractivity (Wildman–Crippen MR) is 351 cm³/mol. The first-order valence-electron chi connectivity index (χ1n) is 28.2. The number of benzene rings is 9. The molecule has 0 unspecified atom stereocenters. The number of aliphatic hydroxyl groups is 1. The summed E-state index contributed by atoms with van der Waals surface area (Å²) >= 11 is 0. The second-order valence-corrected chi connectivity index (χ2v) is 20.1. The predicted octanol–water partition coefficient (Wildman–Crippen LogP) is 10.5. The molecule has 9 aromatic carbocycles. The van der Waals surface area contributed by atoms with E-state index in [4.69, 9.17) is 25.5 Å². The molecule has 1 aliphatic carbocycles. The SMILES string of the molecule is O=C(Nc1cc(O)ccc1C(=O)O)c1ccccc1.O=C(Nc1ccc(O)cc1C(=O)O)c1cccc(O)c1.O=C(Nc1ccc(O)cc1C(=O)O)c1ccccc1.O=C(Nc1ccc(O)cc1C(=O)O)c1ccccc1O.O=C(O)C1=C(NC(=O)c2cccc(O)c2)C=C(O)CC1. The summed E-state index contributed by atoms with van der Waals surface area (Å²) in [7, 11) is 0. The number of nitrogens with one attached hydrogen (secondary N) is 5. The number of carbonyl (C=O) groups excluding carboxylic acids is 5. The van der Waals surface area contributed by atoms with Crippen LogP contribution >= 0.6 is 0 Å². The highest BCUT2D eigenvalue weighted by Crippen LogP contribution is 2.28. The zero-order chi connectivity index (χ0) is 71.8. The molecule has 9 aromatic rings. The van der Waals surface area contributed by atoms with E-state index in [0.717, 1.165) is 18.2 Å². The van der Waals surface area contributed by atoms with Crippen LogP contribution in [0, 0.1) is 0 Å². The number of hydrogen-bond acceptors (Lipinski definition) is 18. The van der Waals surface area contributed by atoms with Gasteiger partial charge in [0.1, 0.15) is 40.2 Å². The first-order valence-corrected chi connectivity index (χ1v) is 28.2. The van der Waals surface area contributed by atoms with Crippen molar-refractivity contribution in [3.8, 4) is 40.2 Å². The van der Waals surface area contributed by atoms with Crippen LogP contribution in [0.3, 0.4) is 0 Å². The van der Waals surface area contributed by atoms with Crippen molar-refractivity contribution in [2.24, 2.45) is 0 Å². The number of hydrogen-bond donors (Lipinski definition) is 18. The van der Waals surface area contributed by atoms with E-state index in [-0.39, 0.29) is 132 Å². The average molecular weight is 1340 g/mol. The van der Waals surface area contributed by atoms with Gasteiger partial charge in [-0.15, -0.1) is 0 Å². The number of phenolic OH excluding ortho intramolecular Hbond substituents is 7. The number of carbonyl (C=O) groups is 10. The lowest BCUT2D eigenvalue weighted by Gasteiger charge is -2.15. The van der Waals surface area contributed by atoms with E-state index in [1.807, 2.05) is 0 Å². The molecule has 0 bridgehead atoms. The molecule has 18 N–H and O–H groups in total. The Morgan fingerprint density at radius 2 is 0.612 bits per heavy atom. The lowest BCUT2D eigenvalue weighted by Crippen LogP contribution is -2.26. The fraction of sp³-hybridized carbons (Fsp3) is 0.0286. The average Bonchev–Trinajstić information content (AvgIpc) is 0.872. The standard InChI is InChI=1S/C14H11NO5.C14H13NO5.C14H11NO5.2C14H11NO4/c16-9-3-1-2-8(6-9)13(18)15-12-5-4-10(17)7-11(12)14(19)20;16-9-3-1-2-8(6-9)13(18)15-12-7-10(17)4-5-11(12)14(19)20;16-8-5-6-11(10(7-8)14(19)20)15-13(18)9-3-1-2-4-12(9)17;16-10-6-7-12(11(8-10)14(18)19)15-13(17)9-4-2-1-3-5-9;16-10-6-7-11(14(18)19)12(8-10)15-13(17)9-4-2-1-3-5-9/h1-7,16-17H,(H,15,18)(H,19,20);1-3,6-7,16-17H,4-5H2,(H,15,18)(H,19,20);1-7,16-17H,(H,15,18)(H,19,20);2*1-8,16H,(H,15,17)(H,18,19). The molecule has 98 heavy (non-hydrogen) atoms. The van der Waals surface area contributed by atoms with E-state index < -0.39 is 59.4 Å². The molecule has 1 aliphatic rings. The Kier molecular flexibility index (Phi) is 25.4. The van der Waals surface area contributed by atoms with Crippen LogP contribution in [-0.4, -0.2) is 126 Å². The number of aliphatic carboxylic acids is 1. The maximum absolute atomic E-state index is 12.0. The molecule has 0 aromatic heterocycles. The minimum absolute atomic E-state index is 0.0150. The van der Waals surface area contributed by atoms with E-state index in [0.29, 0.717) is 11.1 Å². The largest absolute Gasteiger partial charge is 0.512 e. The zero-order valence-electron chi connectivity index (χ0n) is 50.5. The molecule has 0 spiro atoms. The van der Waals surface area contributed by atoms with Gasteiger partial charge in [0.2, 0.25) is 0 Å². The third-order valence-corrected chi connectivity index (χ3v) is 13.1. The second-order valence-electron chi connectivity index (χ2n) is 20.1. The molecule has 0 atom stereocenters. The molecule has 5 amide bonds. The number of phenols is 7. The molecular weight excluding hydrogens is 1280 g/mol. The van der Waals surface area contributed by atoms with Crippen molar-refractivity contribution >= 4 is 82.1 Å². The van der Waals surface area contributed by atoms with Gasteiger partial charge in [-0.05, 0) is 152 Å². The Labute approximate surface area is 553 Å². The Morgan fingerprint density at radius 1 is 0.265 bits per heavy atom. The number of carboxylic acids is 5. The molecule has 10 rings (SSSR count). The topological polar surface area (TPSA) is 494 Å². The number of allylic oxidation sites excluding steroid dienone is 2.